The molecule has 4 aromatic rings. The molecule has 0 aliphatic rings. The second-order valence-corrected chi connectivity index (χ2v) is 8.87. The van der Waals surface area contributed by atoms with Gasteiger partial charge in [0.1, 0.15) is 10.9 Å². The lowest BCUT2D eigenvalue weighted by atomic mass is 10.1. The van der Waals surface area contributed by atoms with Crippen LogP contribution in [0.1, 0.15) is 30.2 Å². The number of amides is 1. The van der Waals surface area contributed by atoms with Crippen molar-refractivity contribution in [2.24, 2.45) is 0 Å². The molecule has 2 aromatic carbocycles. The maximum atomic E-state index is 13.3. The predicted octanol–water partition coefficient (Wildman–Crippen LogP) is 5.29. The Bertz CT molecular complexity index is 1340. The minimum absolute atomic E-state index is 0.0467. The van der Waals surface area contributed by atoms with Gasteiger partial charge in [0.05, 0.1) is 11.7 Å². The SMILES string of the molecule is CC(=O)c1ccc(NC(=O)C(C)n2cnc3scc(-c4ccc(Br)cc4)c3c2=O)cc1. The number of nitrogens with one attached hydrogen (secondary N) is 1. The number of carbonyl (C=O) groups excluding carboxylic acids is 2. The normalized spacial score (nSPS) is 12.0. The molecule has 1 atom stereocenters. The van der Waals surface area contributed by atoms with Gasteiger partial charge in [-0.3, -0.25) is 19.0 Å². The van der Waals surface area contributed by atoms with Gasteiger partial charge in [0.2, 0.25) is 5.91 Å². The average molecular weight is 496 g/mol. The fourth-order valence-corrected chi connectivity index (χ4v) is 4.40. The van der Waals surface area contributed by atoms with Crippen molar-refractivity contribution in [1.82, 2.24) is 9.55 Å². The van der Waals surface area contributed by atoms with Crippen molar-refractivity contribution < 1.29 is 9.59 Å². The Hall–Kier alpha value is -3.10. The van der Waals surface area contributed by atoms with Crippen LogP contribution in [0.5, 0.6) is 0 Å². The summed E-state index contributed by atoms with van der Waals surface area (Å²) in [6.45, 7) is 3.14. The molecular weight excluding hydrogens is 478 g/mol. The van der Waals surface area contributed by atoms with E-state index in [0.717, 1.165) is 15.6 Å². The molecule has 31 heavy (non-hydrogen) atoms. The Labute approximate surface area is 190 Å². The van der Waals surface area contributed by atoms with Crippen LogP contribution in [0.25, 0.3) is 21.3 Å². The highest BCUT2D eigenvalue weighted by Gasteiger charge is 2.20. The number of benzene rings is 2. The maximum Gasteiger partial charge on any atom is 0.263 e. The van der Waals surface area contributed by atoms with E-state index in [-0.39, 0.29) is 17.2 Å². The lowest BCUT2D eigenvalue weighted by molar-refractivity contribution is -0.118. The molecule has 0 radical (unpaired) electrons. The molecule has 8 heteroatoms. The van der Waals surface area contributed by atoms with Crippen LogP contribution in [0.2, 0.25) is 0 Å². The number of nitrogens with zero attached hydrogens (tertiary/aromatic N) is 2. The molecule has 1 amide bonds. The van der Waals surface area contributed by atoms with Gasteiger partial charge in [-0.25, -0.2) is 4.98 Å². The van der Waals surface area contributed by atoms with Crippen molar-refractivity contribution in [3.8, 4) is 11.1 Å². The fraction of sp³-hybridized carbons (Fsp3) is 0.130. The van der Waals surface area contributed by atoms with Crippen LogP contribution in [-0.2, 0) is 4.79 Å². The number of halogens is 1. The number of hydrogen-bond acceptors (Lipinski definition) is 5. The third-order valence-electron chi connectivity index (χ3n) is 5.03. The molecule has 0 aliphatic heterocycles. The quantitative estimate of drug-likeness (QED) is 0.381. The first-order valence-electron chi connectivity index (χ1n) is 9.51. The molecular formula is C23H18BrN3O3S. The number of anilines is 1. The van der Waals surface area contributed by atoms with Gasteiger partial charge in [0.15, 0.2) is 5.78 Å². The number of ketones is 1. The van der Waals surface area contributed by atoms with E-state index in [1.807, 2.05) is 29.6 Å². The molecule has 0 bridgehead atoms. The van der Waals surface area contributed by atoms with Gasteiger partial charge in [0, 0.05) is 26.7 Å². The van der Waals surface area contributed by atoms with Crippen molar-refractivity contribution >= 4 is 54.9 Å². The number of hydrogen-bond donors (Lipinski definition) is 1. The van der Waals surface area contributed by atoms with E-state index in [2.05, 4.69) is 26.2 Å². The summed E-state index contributed by atoms with van der Waals surface area (Å²) < 4.78 is 2.30. The number of Topliss-reactive ketones (excluding diaryl/α,β-unsaturated/α-hetero) is 1. The summed E-state index contributed by atoms with van der Waals surface area (Å²) in [5.41, 5.74) is 2.56. The zero-order chi connectivity index (χ0) is 22.1. The number of fused-ring (bicyclic) bond motifs is 1. The molecule has 0 saturated carbocycles. The summed E-state index contributed by atoms with van der Waals surface area (Å²) in [5.74, 6) is -0.395. The van der Waals surface area contributed by atoms with E-state index in [0.29, 0.717) is 21.5 Å². The number of thiophene rings is 1. The summed E-state index contributed by atoms with van der Waals surface area (Å²) in [7, 11) is 0. The smallest absolute Gasteiger partial charge is 0.263 e. The number of aromatic nitrogens is 2. The average Bonchev–Trinajstić information content (AvgIpc) is 3.19. The Kier molecular flexibility index (Phi) is 5.84. The zero-order valence-corrected chi connectivity index (χ0v) is 19.2. The molecule has 1 unspecified atom stereocenters. The highest BCUT2D eigenvalue weighted by molar-refractivity contribution is 9.10. The fourth-order valence-electron chi connectivity index (χ4n) is 3.22. The topological polar surface area (TPSA) is 81.1 Å². The molecule has 4 rings (SSSR count). The minimum atomic E-state index is -0.769. The van der Waals surface area contributed by atoms with Gasteiger partial charge in [0.25, 0.3) is 5.56 Å². The Balaban J connectivity index is 1.65. The summed E-state index contributed by atoms with van der Waals surface area (Å²) in [5, 5.41) is 5.20. The van der Waals surface area contributed by atoms with E-state index in [9.17, 15) is 14.4 Å². The van der Waals surface area contributed by atoms with Gasteiger partial charge in [-0.2, -0.15) is 0 Å². The molecule has 2 heterocycles. The Morgan fingerprint density at radius 1 is 1.10 bits per heavy atom. The van der Waals surface area contributed by atoms with Crippen molar-refractivity contribution in [2.45, 2.75) is 19.9 Å². The lowest BCUT2D eigenvalue weighted by Gasteiger charge is -2.15. The maximum absolute atomic E-state index is 13.3. The van der Waals surface area contributed by atoms with Gasteiger partial charge in [-0.15, -0.1) is 11.3 Å². The summed E-state index contributed by atoms with van der Waals surface area (Å²) in [4.78, 5) is 42.5. The first-order chi connectivity index (χ1) is 14.8. The zero-order valence-electron chi connectivity index (χ0n) is 16.8. The van der Waals surface area contributed by atoms with E-state index in [1.54, 1.807) is 31.2 Å². The number of carbonyl (C=O) groups is 2. The second kappa shape index (κ2) is 8.56. The van der Waals surface area contributed by atoms with Gasteiger partial charge < -0.3 is 5.32 Å². The van der Waals surface area contributed by atoms with Crippen LogP contribution in [0.4, 0.5) is 5.69 Å². The Morgan fingerprint density at radius 3 is 2.42 bits per heavy atom. The molecule has 0 spiro atoms. The van der Waals surface area contributed by atoms with Crippen LogP contribution >= 0.6 is 27.3 Å². The third kappa shape index (κ3) is 4.22. The van der Waals surface area contributed by atoms with E-state index in [1.165, 1.54) is 29.2 Å². The van der Waals surface area contributed by atoms with E-state index in [4.69, 9.17) is 0 Å². The first kappa shape index (κ1) is 21.1. The molecule has 156 valence electrons. The van der Waals surface area contributed by atoms with Crippen LogP contribution in [0.15, 0.2) is 69.5 Å². The van der Waals surface area contributed by atoms with Crippen molar-refractivity contribution in [2.75, 3.05) is 5.32 Å². The van der Waals surface area contributed by atoms with Gasteiger partial charge >= 0.3 is 0 Å². The van der Waals surface area contributed by atoms with E-state index < -0.39 is 6.04 Å². The predicted molar refractivity (Wildman–Crippen MR) is 127 cm³/mol. The van der Waals surface area contributed by atoms with Crippen LogP contribution in [-0.4, -0.2) is 21.2 Å². The van der Waals surface area contributed by atoms with Crippen LogP contribution in [0.3, 0.4) is 0 Å². The minimum Gasteiger partial charge on any atom is -0.324 e. The second-order valence-electron chi connectivity index (χ2n) is 7.09. The van der Waals surface area contributed by atoms with Crippen molar-refractivity contribution in [3.05, 3.63) is 80.6 Å². The molecule has 1 N–H and O–H groups in total. The summed E-state index contributed by atoms with van der Waals surface area (Å²) in [6.07, 6.45) is 1.41. The summed E-state index contributed by atoms with van der Waals surface area (Å²) >= 11 is 4.82. The molecule has 0 saturated heterocycles. The van der Waals surface area contributed by atoms with E-state index >= 15 is 0 Å². The largest absolute Gasteiger partial charge is 0.324 e. The number of rotatable bonds is 5. The molecule has 2 aromatic heterocycles. The highest BCUT2D eigenvalue weighted by Crippen LogP contribution is 2.31. The first-order valence-corrected chi connectivity index (χ1v) is 11.2. The van der Waals surface area contributed by atoms with Crippen molar-refractivity contribution in [3.63, 3.8) is 0 Å². The van der Waals surface area contributed by atoms with Crippen molar-refractivity contribution in [1.29, 1.82) is 0 Å². The monoisotopic (exact) mass is 495 g/mol. The van der Waals surface area contributed by atoms with Crippen LogP contribution < -0.4 is 10.9 Å². The standard InChI is InChI=1S/C23H18BrN3O3S/c1-13(21(29)26-18-9-5-15(6-10-18)14(2)28)27-12-25-22-20(23(27)30)19(11-31-22)16-3-7-17(24)8-4-16/h3-13H,1-2H3,(H,26,29). The highest BCUT2D eigenvalue weighted by atomic mass is 79.9. The lowest BCUT2D eigenvalue weighted by Crippen LogP contribution is -2.31. The van der Waals surface area contributed by atoms with Gasteiger partial charge in [-0.05, 0) is 55.8 Å². The van der Waals surface area contributed by atoms with Crippen LogP contribution in [0, 0.1) is 0 Å². The summed E-state index contributed by atoms with van der Waals surface area (Å²) in [6, 6.07) is 13.6. The molecule has 0 aliphatic carbocycles. The Morgan fingerprint density at radius 2 is 1.77 bits per heavy atom. The van der Waals surface area contributed by atoms with Gasteiger partial charge in [-0.1, -0.05) is 28.1 Å². The third-order valence-corrected chi connectivity index (χ3v) is 6.45. The molecule has 0 fully saturated rings. The molecule has 6 nitrogen and oxygen atoms in total.